The monoisotopic (exact) mass is 450 g/mol. The minimum atomic E-state index is -0.803. The second-order valence-corrected chi connectivity index (χ2v) is 7.53. The predicted molar refractivity (Wildman–Crippen MR) is 109 cm³/mol. The highest BCUT2D eigenvalue weighted by Crippen LogP contribution is 2.27. The van der Waals surface area contributed by atoms with Crippen LogP contribution in [0.3, 0.4) is 0 Å². The summed E-state index contributed by atoms with van der Waals surface area (Å²) in [5, 5.41) is 8.60. The highest BCUT2D eigenvalue weighted by molar-refractivity contribution is 7.14. The van der Waals surface area contributed by atoms with Gasteiger partial charge in [0.2, 0.25) is 11.2 Å². The third-order valence-electron chi connectivity index (χ3n) is 4.21. The Hall–Kier alpha value is -3.14. The van der Waals surface area contributed by atoms with Gasteiger partial charge in [-0.3, -0.25) is 4.79 Å². The summed E-state index contributed by atoms with van der Waals surface area (Å²) in [4.78, 5) is 25.1. The van der Waals surface area contributed by atoms with Crippen LogP contribution in [-0.2, 0) is 11.2 Å². The van der Waals surface area contributed by atoms with Crippen molar-refractivity contribution in [2.45, 2.75) is 33.1 Å². The number of benzene rings is 1. The van der Waals surface area contributed by atoms with Crippen molar-refractivity contribution < 1.29 is 27.5 Å². The second kappa shape index (κ2) is 10.3. The number of hydrogen-bond donors (Lipinski definition) is 0. The number of carbonyl (C=O) groups excluding carboxylic acids is 1. The fourth-order valence-electron chi connectivity index (χ4n) is 2.65. The first-order valence-corrected chi connectivity index (χ1v) is 10.5. The third kappa shape index (κ3) is 5.32. The van der Waals surface area contributed by atoms with Crippen LogP contribution < -0.4 is 10.2 Å². The smallest absolute Gasteiger partial charge is 0.378 e. The number of esters is 1. The molecular formula is C21H20F2N2O5S. The van der Waals surface area contributed by atoms with Crippen molar-refractivity contribution in [3.63, 3.8) is 0 Å². The molecule has 0 bridgehead atoms. The number of nitrogens with zero attached hydrogens (tertiary/aromatic N) is 2. The highest BCUT2D eigenvalue weighted by Gasteiger charge is 2.25. The molecule has 3 aromatic rings. The van der Waals surface area contributed by atoms with Crippen molar-refractivity contribution in [2.24, 2.45) is 0 Å². The lowest BCUT2D eigenvalue weighted by Gasteiger charge is -2.09. The van der Waals surface area contributed by atoms with Crippen LogP contribution in [0.15, 0.2) is 33.7 Å². The molecule has 0 aliphatic carbocycles. The molecule has 0 unspecified atom stereocenters. The van der Waals surface area contributed by atoms with Gasteiger partial charge in [-0.2, -0.15) is 0 Å². The van der Waals surface area contributed by atoms with Crippen LogP contribution in [0.1, 0.15) is 47.8 Å². The van der Waals surface area contributed by atoms with E-state index in [0.29, 0.717) is 11.4 Å². The Labute approximate surface area is 180 Å². The average Bonchev–Trinajstić information content (AvgIpc) is 3.19. The van der Waals surface area contributed by atoms with Gasteiger partial charge in [0, 0.05) is 12.5 Å². The van der Waals surface area contributed by atoms with Crippen LogP contribution >= 0.6 is 11.3 Å². The van der Waals surface area contributed by atoms with Crippen molar-refractivity contribution in [3.8, 4) is 16.3 Å². The average molecular weight is 450 g/mol. The van der Waals surface area contributed by atoms with E-state index in [1.54, 1.807) is 6.92 Å². The summed E-state index contributed by atoms with van der Waals surface area (Å²) in [6.45, 7) is 3.93. The minimum Gasteiger partial charge on any atom is -0.486 e. The lowest BCUT2D eigenvalue weighted by molar-refractivity contribution is 0.0479. The molecule has 2 aromatic heterocycles. The summed E-state index contributed by atoms with van der Waals surface area (Å²) in [7, 11) is 0. The largest absolute Gasteiger partial charge is 0.486 e. The number of unbranched alkanes of at least 4 members (excludes halogenated alkanes) is 1. The molecule has 31 heavy (non-hydrogen) atoms. The Morgan fingerprint density at radius 1 is 1.23 bits per heavy atom. The normalized spacial score (nSPS) is 10.8. The molecule has 7 nitrogen and oxygen atoms in total. The van der Waals surface area contributed by atoms with Gasteiger partial charge in [-0.1, -0.05) is 30.7 Å². The maximum atomic E-state index is 13.9. The zero-order valence-corrected chi connectivity index (χ0v) is 17.8. The fourth-order valence-corrected chi connectivity index (χ4v) is 3.51. The van der Waals surface area contributed by atoms with E-state index in [1.807, 2.05) is 6.92 Å². The zero-order valence-electron chi connectivity index (χ0n) is 16.9. The van der Waals surface area contributed by atoms with Gasteiger partial charge in [-0.05, 0) is 25.0 Å². The van der Waals surface area contributed by atoms with Crippen molar-refractivity contribution in [2.75, 3.05) is 13.2 Å². The molecule has 0 amide bonds. The SMILES string of the molecule is CCCCOc1c(C(=O)OCC)occ(-c2nnc(Cc3ccc(F)cc3F)s2)c1=O. The molecule has 0 spiro atoms. The van der Waals surface area contributed by atoms with Gasteiger partial charge in [-0.15, -0.1) is 10.2 Å². The first kappa shape index (κ1) is 22.5. The second-order valence-electron chi connectivity index (χ2n) is 6.47. The molecule has 2 heterocycles. The van der Waals surface area contributed by atoms with Gasteiger partial charge >= 0.3 is 5.97 Å². The van der Waals surface area contributed by atoms with Crippen molar-refractivity contribution in [3.05, 3.63) is 62.7 Å². The van der Waals surface area contributed by atoms with Gasteiger partial charge in [-0.25, -0.2) is 13.6 Å². The molecule has 0 aliphatic heterocycles. The molecule has 0 radical (unpaired) electrons. The molecule has 0 saturated carbocycles. The van der Waals surface area contributed by atoms with Crippen molar-refractivity contribution in [1.29, 1.82) is 0 Å². The predicted octanol–water partition coefficient (Wildman–Crippen LogP) is 4.38. The Morgan fingerprint density at radius 2 is 2.03 bits per heavy atom. The van der Waals surface area contributed by atoms with Crippen LogP contribution in [0.5, 0.6) is 5.75 Å². The van der Waals surface area contributed by atoms with Gasteiger partial charge in [0.05, 0.1) is 18.8 Å². The van der Waals surface area contributed by atoms with E-state index in [2.05, 4.69) is 10.2 Å². The molecular weight excluding hydrogens is 430 g/mol. The molecule has 0 saturated heterocycles. The highest BCUT2D eigenvalue weighted by atomic mass is 32.1. The van der Waals surface area contributed by atoms with E-state index in [0.717, 1.165) is 36.2 Å². The Bertz CT molecular complexity index is 1130. The molecule has 164 valence electrons. The zero-order chi connectivity index (χ0) is 22.4. The van der Waals surface area contributed by atoms with E-state index in [9.17, 15) is 18.4 Å². The summed E-state index contributed by atoms with van der Waals surface area (Å²) < 4.78 is 42.8. The summed E-state index contributed by atoms with van der Waals surface area (Å²) >= 11 is 1.06. The van der Waals surface area contributed by atoms with E-state index in [-0.39, 0.29) is 47.3 Å². The van der Waals surface area contributed by atoms with E-state index < -0.39 is 23.0 Å². The van der Waals surface area contributed by atoms with Crippen LogP contribution in [0, 0.1) is 11.6 Å². The van der Waals surface area contributed by atoms with Crippen LogP contribution in [-0.4, -0.2) is 29.4 Å². The standard InChI is InChI=1S/C21H20F2N2O5S/c1-3-5-8-29-18-17(26)14(11-30-19(18)21(27)28-4-2)20-25-24-16(31-20)9-12-6-7-13(22)10-15(12)23/h6-7,10-11H,3-5,8-9H2,1-2H3. The Balaban J connectivity index is 1.92. The minimum absolute atomic E-state index is 0.0582. The number of aromatic nitrogens is 2. The molecule has 3 rings (SSSR count). The Morgan fingerprint density at radius 3 is 2.74 bits per heavy atom. The van der Waals surface area contributed by atoms with Crippen LogP contribution in [0.4, 0.5) is 8.78 Å². The van der Waals surface area contributed by atoms with Gasteiger partial charge in [0.1, 0.15) is 22.9 Å². The lowest BCUT2D eigenvalue weighted by atomic mass is 10.1. The van der Waals surface area contributed by atoms with Gasteiger partial charge in [0.25, 0.3) is 5.76 Å². The fraction of sp³-hybridized carbons (Fsp3) is 0.333. The molecule has 10 heteroatoms. The summed E-state index contributed by atoms with van der Waals surface area (Å²) in [5.74, 6) is -2.73. The maximum Gasteiger partial charge on any atom is 0.378 e. The van der Waals surface area contributed by atoms with Gasteiger partial charge in [0.15, 0.2) is 5.01 Å². The van der Waals surface area contributed by atoms with Crippen LogP contribution in [0.25, 0.3) is 10.6 Å². The third-order valence-corrected chi connectivity index (χ3v) is 5.17. The van der Waals surface area contributed by atoms with Gasteiger partial charge < -0.3 is 13.9 Å². The number of rotatable bonds is 9. The summed E-state index contributed by atoms with van der Waals surface area (Å²) in [6, 6.07) is 3.27. The maximum absolute atomic E-state index is 13.9. The number of halogens is 2. The summed E-state index contributed by atoms with van der Waals surface area (Å²) in [5.41, 5.74) is -0.277. The first-order valence-electron chi connectivity index (χ1n) is 9.67. The number of ether oxygens (including phenoxy) is 2. The van der Waals surface area contributed by atoms with E-state index in [1.165, 1.54) is 6.07 Å². The van der Waals surface area contributed by atoms with Crippen molar-refractivity contribution >= 4 is 17.3 Å². The quantitative estimate of drug-likeness (QED) is 0.353. The topological polar surface area (TPSA) is 91.5 Å². The van der Waals surface area contributed by atoms with E-state index >= 15 is 0 Å². The molecule has 0 atom stereocenters. The molecule has 0 N–H and O–H groups in total. The summed E-state index contributed by atoms with van der Waals surface area (Å²) in [6.07, 6.45) is 2.69. The lowest BCUT2D eigenvalue weighted by Crippen LogP contribution is -2.17. The Kier molecular flexibility index (Phi) is 7.45. The number of hydrogen-bond acceptors (Lipinski definition) is 8. The van der Waals surface area contributed by atoms with Crippen molar-refractivity contribution in [1.82, 2.24) is 10.2 Å². The van der Waals surface area contributed by atoms with Crippen LogP contribution in [0.2, 0.25) is 0 Å². The van der Waals surface area contributed by atoms with E-state index in [4.69, 9.17) is 13.9 Å². The number of carbonyl (C=O) groups is 1. The first-order chi connectivity index (χ1) is 14.9. The molecule has 0 aliphatic rings. The molecule has 0 fully saturated rings. The molecule has 1 aromatic carbocycles.